The summed E-state index contributed by atoms with van der Waals surface area (Å²) < 4.78 is 5.74. The molecule has 116 valence electrons. The summed E-state index contributed by atoms with van der Waals surface area (Å²) >= 11 is 0. The van der Waals surface area contributed by atoms with E-state index < -0.39 is 0 Å². The molecule has 1 aliphatic rings. The predicted molar refractivity (Wildman–Crippen MR) is 85.5 cm³/mol. The number of ether oxygens (including phenoxy) is 1. The molecule has 0 unspecified atom stereocenters. The molecule has 3 N–H and O–H groups in total. The number of carbonyl (C=O) groups excluding carboxylic acids is 1. The lowest BCUT2D eigenvalue weighted by atomic mass is 9.95. The van der Waals surface area contributed by atoms with Crippen molar-refractivity contribution in [3.05, 3.63) is 23.8 Å². The zero-order valence-corrected chi connectivity index (χ0v) is 13.0. The van der Waals surface area contributed by atoms with Gasteiger partial charge < -0.3 is 15.8 Å². The molecule has 0 bridgehead atoms. The summed E-state index contributed by atoms with van der Waals surface area (Å²) in [5.74, 6) is 1.19. The molecule has 0 spiro atoms. The lowest BCUT2D eigenvalue weighted by Crippen LogP contribution is -2.29. The van der Waals surface area contributed by atoms with Crippen LogP contribution in [0.15, 0.2) is 18.2 Å². The van der Waals surface area contributed by atoms with E-state index in [9.17, 15) is 4.79 Å². The van der Waals surface area contributed by atoms with Crippen molar-refractivity contribution < 1.29 is 9.53 Å². The van der Waals surface area contributed by atoms with Crippen molar-refractivity contribution in [2.75, 3.05) is 18.5 Å². The van der Waals surface area contributed by atoms with Crippen molar-refractivity contribution in [1.29, 1.82) is 0 Å². The van der Waals surface area contributed by atoms with E-state index in [1.165, 1.54) is 0 Å². The normalized spacial score (nSPS) is 21.3. The van der Waals surface area contributed by atoms with Gasteiger partial charge in [-0.25, -0.2) is 0 Å². The number of hydrogen-bond donors (Lipinski definition) is 2. The first-order valence-corrected chi connectivity index (χ1v) is 7.90. The van der Waals surface area contributed by atoms with Gasteiger partial charge in [-0.1, -0.05) is 19.4 Å². The molecule has 4 heteroatoms. The Morgan fingerprint density at radius 1 is 1.43 bits per heavy atom. The van der Waals surface area contributed by atoms with Crippen LogP contribution >= 0.6 is 0 Å². The van der Waals surface area contributed by atoms with Crippen LogP contribution in [0.25, 0.3) is 0 Å². The average Bonchev–Trinajstić information content (AvgIpc) is 2.96. The van der Waals surface area contributed by atoms with Crippen LogP contribution in [0.1, 0.15) is 38.2 Å². The maximum atomic E-state index is 12.5. The van der Waals surface area contributed by atoms with E-state index in [1.54, 1.807) is 0 Å². The molecule has 4 nitrogen and oxygen atoms in total. The summed E-state index contributed by atoms with van der Waals surface area (Å²) in [5.41, 5.74) is 7.66. The first-order valence-electron chi connectivity index (χ1n) is 7.90. The average molecular weight is 290 g/mol. The molecule has 21 heavy (non-hydrogen) atoms. The number of rotatable bonds is 6. The maximum Gasteiger partial charge on any atom is 0.227 e. The van der Waals surface area contributed by atoms with Crippen LogP contribution in [0.5, 0.6) is 5.75 Å². The van der Waals surface area contributed by atoms with Gasteiger partial charge in [-0.3, -0.25) is 4.79 Å². The minimum absolute atomic E-state index is 0.0373. The summed E-state index contributed by atoms with van der Waals surface area (Å²) in [5, 5.41) is 3.03. The van der Waals surface area contributed by atoms with Gasteiger partial charge in [0.2, 0.25) is 5.91 Å². The number of aryl methyl sites for hydroxylation is 1. The first kappa shape index (κ1) is 15.8. The molecule has 0 radical (unpaired) electrons. The summed E-state index contributed by atoms with van der Waals surface area (Å²) in [6, 6.07) is 5.88. The fourth-order valence-electron chi connectivity index (χ4n) is 2.95. The maximum absolute atomic E-state index is 12.5. The summed E-state index contributed by atoms with van der Waals surface area (Å²) in [6.45, 7) is 5.33. The largest absolute Gasteiger partial charge is 0.491 e. The van der Waals surface area contributed by atoms with E-state index >= 15 is 0 Å². The van der Waals surface area contributed by atoms with Crippen LogP contribution in [0.2, 0.25) is 0 Å². The molecule has 1 aromatic carbocycles. The van der Waals surface area contributed by atoms with Crippen LogP contribution in [0, 0.1) is 18.8 Å². The minimum Gasteiger partial charge on any atom is -0.491 e. The standard InChI is InChI=1S/C17H26N2O2/c1-3-9-21-16-10-12(2)7-8-15(16)19-17(20)14-6-4-5-13(14)11-18/h7-8,10,13-14H,3-6,9,11,18H2,1-2H3,(H,19,20)/t13-,14-/m1/s1. The lowest BCUT2D eigenvalue weighted by Gasteiger charge is -2.19. The Bertz CT molecular complexity index is 488. The molecule has 0 aromatic heterocycles. The second-order valence-electron chi connectivity index (χ2n) is 5.87. The summed E-state index contributed by atoms with van der Waals surface area (Å²) in [7, 11) is 0. The lowest BCUT2D eigenvalue weighted by molar-refractivity contribution is -0.120. The third kappa shape index (κ3) is 3.97. The van der Waals surface area contributed by atoms with Crippen molar-refractivity contribution >= 4 is 11.6 Å². The van der Waals surface area contributed by atoms with E-state index in [1.807, 2.05) is 25.1 Å². The summed E-state index contributed by atoms with van der Waals surface area (Å²) in [6.07, 6.45) is 4.03. The molecule has 0 saturated heterocycles. The topological polar surface area (TPSA) is 64.3 Å². The van der Waals surface area contributed by atoms with Crippen LogP contribution in [0.3, 0.4) is 0 Å². The number of nitrogens with one attached hydrogen (secondary N) is 1. The van der Waals surface area contributed by atoms with Gasteiger partial charge in [0.25, 0.3) is 0 Å². The van der Waals surface area contributed by atoms with Crippen LogP contribution < -0.4 is 15.8 Å². The van der Waals surface area contributed by atoms with Crippen molar-refractivity contribution in [3.8, 4) is 5.75 Å². The van der Waals surface area contributed by atoms with E-state index in [-0.39, 0.29) is 11.8 Å². The highest BCUT2D eigenvalue weighted by Gasteiger charge is 2.32. The Hall–Kier alpha value is -1.55. The molecule has 1 aromatic rings. The highest BCUT2D eigenvalue weighted by Crippen LogP contribution is 2.33. The third-order valence-corrected chi connectivity index (χ3v) is 4.16. The van der Waals surface area contributed by atoms with Gasteiger partial charge in [0.1, 0.15) is 5.75 Å². The zero-order valence-electron chi connectivity index (χ0n) is 13.0. The number of hydrogen-bond acceptors (Lipinski definition) is 3. The quantitative estimate of drug-likeness (QED) is 0.846. The molecule has 1 fully saturated rings. The number of carbonyl (C=O) groups is 1. The Kier molecular flexibility index (Phi) is 5.62. The number of anilines is 1. The van der Waals surface area contributed by atoms with E-state index in [0.717, 1.165) is 42.7 Å². The number of benzene rings is 1. The Morgan fingerprint density at radius 3 is 2.95 bits per heavy atom. The van der Waals surface area contributed by atoms with Crippen molar-refractivity contribution in [2.45, 2.75) is 39.5 Å². The van der Waals surface area contributed by atoms with Crippen molar-refractivity contribution in [3.63, 3.8) is 0 Å². The molecular weight excluding hydrogens is 264 g/mol. The van der Waals surface area contributed by atoms with Gasteiger partial charge >= 0.3 is 0 Å². The molecular formula is C17H26N2O2. The van der Waals surface area contributed by atoms with E-state index in [2.05, 4.69) is 12.2 Å². The molecule has 0 heterocycles. The van der Waals surface area contributed by atoms with Gasteiger partial charge in [0.15, 0.2) is 0 Å². The Balaban J connectivity index is 2.09. The third-order valence-electron chi connectivity index (χ3n) is 4.16. The molecule has 1 aliphatic carbocycles. The fourth-order valence-corrected chi connectivity index (χ4v) is 2.95. The highest BCUT2D eigenvalue weighted by atomic mass is 16.5. The molecule has 2 rings (SSSR count). The Morgan fingerprint density at radius 2 is 2.24 bits per heavy atom. The van der Waals surface area contributed by atoms with Crippen LogP contribution in [-0.2, 0) is 4.79 Å². The highest BCUT2D eigenvalue weighted by molar-refractivity contribution is 5.94. The molecule has 0 aliphatic heterocycles. The summed E-state index contributed by atoms with van der Waals surface area (Å²) in [4.78, 5) is 12.5. The van der Waals surface area contributed by atoms with Gasteiger partial charge in [-0.2, -0.15) is 0 Å². The predicted octanol–water partition coefficient (Wildman–Crippen LogP) is 3.10. The zero-order chi connectivity index (χ0) is 15.2. The molecule has 1 saturated carbocycles. The van der Waals surface area contributed by atoms with Crippen LogP contribution in [0.4, 0.5) is 5.69 Å². The van der Waals surface area contributed by atoms with E-state index in [4.69, 9.17) is 10.5 Å². The molecule has 1 amide bonds. The van der Waals surface area contributed by atoms with Gasteiger partial charge in [0.05, 0.1) is 12.3 Å². The van der Waals surface area contributed by atoms with E-state index in [0.29, 0.717) is 19.1 Å². The SMILES string of the molecule is CCCOc1cc(C)ccc1NC(=O)[C@@H]1CCC[C@@H]1CN. The van der Waals surface area contributed by atoms with Gasteiger partial charge in [-0.15, -0.1) is 0 Å². The van der Waals surface area contributed by atoms with Crippen LogP contribution in [-0.4, -0.2) is 19.1 Å². The second-order valence-corrected chi connectivity index (χ2v) is 5.87. The first-order chi connectivity index (χ1) is 10.2. The van der Waals surface area contributed by atoms with Gasteiger partial charge in [0, 0.05) is 5.92 Å². The Labute approximate surface area is 127 Å². The number of nitrogens with two attached hydrogens (primary N) is 1. The van der Waals surface area contributed by atoms with Crippen molar-refractivity contribution in [1.82, 2.24) is 0 Å². The van der Waals surface area contributed by atoms with Crippen molar-refractivity contribution in [2.24, 2.45) is 17.6 Å². The van der Waals surface area contributed by atoms with Gasteiger partial charge in [-0.05, 0) is 56.3 Å². The minimum atomic E-state index is 0.0373. The molecule has 2 atom stereocenters. The fraction of sp³-hybridized carbons (Fsp3) is 0.588. The number of amides is 1. The monoisotopic (exact) mass is 290 g/mol. The second kappa shape index (κ2) is 7.46. The smallest absolute Gasteiger partial charge is 0.227 e.